The normalized spacial score (nSPS) is 15.7. The van der Waals surface area contributed by atoms with Crippen LogP contribution in [0.2, 0.25) is 0 Å². The van der Waals surface area contributed by atoms with Crippen molar-refractivity contribution in [2.75, 3.05) is 0 Å². The fraction of sp³-hybridized carbons (Fsp3) is 0.500. The number of rotatable bonds is 0. The van der Waals surface area contributed by atoms with Crippen molar-refractivity contribution in [3.05, 3.63) is 24.2 Å². The molecule has 0 bridgehead atoms. The van der Waals surface area contributed by atoms with E-state index >= 15 is 0 Å². The van der Waals surface area contributed by atoms with Gasteiger partial charge in [-0.05, 0) is 11.0 Å². The Hall–Kier alpha value is -0.920. The van der Waals surface area contributed by atoms with Crippen LogP contribution in [0.4, 0.5) is 0 Å². The van der Waals surface area contributed by atoms with Crippen LogP contribution in [0, 0.1) is 0 Å². The van der Waals surface area contributed by atoms with E-state index in [4.69, 9.17) is 4.11 Å². The summed E-state index contributed by atoms with van der Waals surface area (Å²) in [6.45, 7) is 5.68. The van der Waals surface area contributed by atoms with E-state index in [2.05, 4.69) is 9.97 Å². The molecule has 0 fully saturated rings. The van der Waals surface area contributed by atoms with Gasteiger partial charge in [-0.15, -0.1) is 0 Å². The van der Waals surface area contributed by atoms with Gasteiger partial charge in [-0.25, -0.2) is 9.97 Å². The lowest BCUT2D eigenvalue weighted by molar-refractivity contribution is 0.584. The molecule has 0 aromatic carbocycles. The molecule has 0 saturated carbocycles. The molecule has 1 aromatic rings. The third-order valence-corrected chi connectivity index (χ3v) is 1.19. The van der Waals surface area contributed by atoms with E-state index in [0.717, 1.165) is 0 Å². The monoisotopic (exact) mass is 139 g/mol. The number of hydrogen-bond donors (Lipinski definition) is 0. The number of nitrogens with zero attached hydrogens (tertiary/aromatic N) is 2. The van der Waals surface area contributed by atoms with Crippen LogP contribution in [0.15, 0.2) is 18.6 Å². The molecule has 0 aliphatic heterocycles. The minimum absolute atomic E-state index is 0.0162. The summed E-state index contributed by atoms with van der Waals surface area (Å²) >= 11 is 0. The Kier molecular flexibility index (Phi) is 0.962. The van der Waals surface area contributed by atoms with E-state index in [1.54, 1.807) is 0 Å². The number of aromatic nitrogens is 2. The fourth-order valence-corrected chi connectivity index (χ4v) is 0.547. The zero-order valence-corrected chi connectivity index (χ0v) is 6.39. The van der Waals surface area contributed by atoms with Crippen LogP contribution < -0.4 is 0 Å². The molecule has 2 nitrogen and oxygen atoms in total. The molecule has 0 amide bonds. The molecule has 0 saturated heterocycles. The summed E-state index contributed by atoms with van der Waals surface area (Å²) in [6, 6.07) is 0. The van der Waals surface area contributed by atoms with E-state index in [1.165, 1.54) is 0 Å². The van der Waals surface area contributed by atoms with Gasteiger partial charge >= 0.3 is 0 Å². The van der Waals surface area contributed by atoms with E-state index in [9.17, 15) is 0 Å². The quantitative estimate of drug-likeness (QED) is 0.547. The fourth-order valence-electron chi connectivity index (χ4n) is 0.547. The molecule has 1 rings (SSSR count). The summed E-state index contributed by atoms with van der Waals surface area (Å²) in [5, 5.41) is 0. The maximum atomic E-state index is 7.52. The highest BCUT2D eigenvalue weighted by Gasteiger charge is 2.12. The van der Waals surface area contributed by atoms with Crippen molar-refractivity contribution in [3.63, 3.8) is 0 Å². The highest BCUT2D eigenvalue weighted by Crippen LogP contribution is 2.19. The van der Waals surface area contributed by atoms with Crippen molar-refractivity contribution >= 4 is 0 Å². The molecule has 1 aromatic heterocycles. The molecule has 0 unspecified atom stereocenters. The van der Waals surface area contributed by atoms with E-state index in [-0.39, 0.29) is 24.1 Å². The Morgan fingerprint density at radius 1 is 1.30 bits per heavy atom. The first kappa shape index (κ1) is 4.06. The molecule has 10 heavy (non-hydrogen) atoms. The second-order valence-electron chi connectivity index (χ2n) is 3.17. The van der Waals surface area contributed by atoms with Gasteiger partial charge in [-0.2, -0.15) is 0 Å². The van der Waals surface area contributed by atoms with Gasteiger partial charge in [0, 0.05) is 12.3 Å². The Morgan fingerprint density at radius 3 is 2.20 bits per heavy atom. The van der Waals surface area contributed by atoms with Gasteiger partial charge in [0.15, 0.2) is 0 Å². The molecule has 0 spiro atoms. The van der Waals surface area contributed by atoms with Crippen molar-refractivity contribution in [1.29, 1.82) is 0 Å². The topological polar surface area (TPSA) is 25.8 Å². The van der Waals surface area contributed by atoms with Crippen LogP contribution in [0.25, 0.3) is 0 Å². The summed E-state index contributed by atoms with van der Waals surface area (Å²) < 4.78 is 22.1. The predicted octanol–water partition coefficient (Wildman–Crippen LogP) is 1.77. The highest BCUT2D eigenvalue weighted by molar-refractivity contribution is 5.13. The van der Waals surface area contributed by atoms with Gasteiger partial charge < -0.3 is 0 Å². The minimum Gasteiger partial charge on any atom is -0.245 e. The Balaban J connectivity index is 3.38. The smallest absolute Gasteiger partial charge is 0.115 e. The molecule has 1 heterocycles. The lowest BCUT2D eigenvalue weighted by atomic mass is 9.89. The third-order valence-electron chi connectivity index (χ3n) is 1.19. The lowest BCUT2D eigenvalue weighted by Crippen LogP contribution is -2.11. The molecule has 0 aliphatic carbocycles. The minimum atomic E-state index is -0.318. The van der Waals surface area contributed by atoms with E-state index < -0.39 is 0 Å². The van der Waals surface area contributed by atoms with Gasteiger partial charge in [0.25, 0.3) is 0 Å². The SMILES string of the molecule is [2H]c1nc([2H])c(C(C)(C)C)c([2H])n1. The van der Waals surface area contributed by atoms with Crippen molar-refractivity contribution in [2.45, 2.75) is 26.2 Å². The van der Waals surface area contributed by atoms with Crippen molar-refractivity contribution < 1.29 is 4.11 Å². The maximum Gasteiger partial charge on any atom is 0.115 e. The molecule has 0 aliphatic rings. The zero-order chi connectivity index (χ0) is 10.2. The first-order valence-corrected chi connectivity index (χ1v) is 3.14. The second-order valence-corrected chi connectivity index (χ2v) is 3.17. The standard InChI is InChI=1S/C8H12N2/c1-8(2,3)7-4-9-6-10-5-7/h4-6H,1-3H3/i4D,5D,6D. The van der Waals surface area contributed by atoms with E-state index in [0.29, 0.717) is 5.56 Å². The molecule has 54 valence electrons. The summed E-state index contributed by atoms with van der Waals surface area (Å²) in [5.41, 5.74) is 0.172. The summed E-state index contributed by atoms with van der Waals surface area (Å²) in [7, 11) is 0. The third kappa shape index (κ3) is 1.53. The van der Waals surface area contributed by atoms with Gasteiger partial charge in [0.05, 0.1) is 2.74 Å². The van der Waals surface area contributed by atoms with Gasteiger partial charge in [0.2, 0.25) is 0 Å². The van der Waals surface area contributed by atoms with Gasteiger partial charge in [-0.3, -0.25) is 0 Å². The molecular formula is C8H12N2. The maximum absolute atomic E-state index is 7.52. The highest BCUT2D eigenvalue weighted by atomic mass is 14.8. The van der Waals surface area contributed by atoms with Crippen molar-refractivity contribution in [2.24, 2.45) is 0 Å². The van der Waals surface area contributed by atoms with Crippen LogP contribution in [0.1, 0.15) is 30.4 Å². The molecule has 2 heteroatoms. The van der Waals surface area contributed by atoms with E-state index in [1.807, 2.05) is 20.8 Å². The first-order valence-electron chi connectivity index (χ1n) is 4.64. The summed E-state index contributed by atoms with van der Waals surface area (Å²) in [4.78, 5) is 7.21. The van der Waals surface area contributed by atoms with Crippen LogP contribution in [-0.4, -0.2) is 9.97 Å². The van der Waals surface area contributed by atoms with Crippen LogP contribution in [0.3, 0.4) is 0 Å². The zero-order valence-electron chi connectivity index (χ0n) is 9.39. The van der Waals surface area contributed by atoms with Crippen LogP contribution in [0.5, 0.6) is 0 Å². The lowest BCUT2D eigenvalue weighted by Gasteiger charge is -2.16. The molecule has 0 radical (unpaired) electrons. The second kappa shape index (κ2) is 2.37. The predicted molar refractivity (Wildman–Crippen MR) is 40.7 cm³/mol. The average Bonchev–Trinajstić information content (AvgIpc) is 1.78. The van der Waals surface area contributed by atoms with Crippen LogP contribution >= 0.6 is 0 Å². The molecular weight excluding hydrogens is 124 g/mol. The molecule has 0 N–H and O–H groups in total. The summed E-state index contributed by atoms with van der Waals surface area (Å²) in [6.07, 6.45) is -0.294. The summed E-state index contributed by atoms with van der Waals surface area (Å²) in [5.74, 6) is 0. The van der Waals surface area contributed by atoms with Crippen molar-refractivity contribution in [3.8, 4) is 0 Å². The van der Waals surface area contributed by atoms with Crippen LogP contribution in [-0.2, 0) is 5.41 Å². The Labute approximate surface area is 65.5 Å². The Morgan fingerprint density at radius 2 is 1.80 bits per heavy atom. The van der Waals surface area contributed by atoms with Gasteiger partial charge in [-0.1, -0.05) is 20.8 Å². The van der Waals surface area contributed by atoms with Gasteiger partial charge in [0.1, 0.15) is 7.67 Å². The average molecular weight is 139 g/mol. The Bertz CT molecular complexity index is 308. The van der Waals surface area contributed by atoms with Crippen molar-refractivity contribution in [1.82, 2.24) is 9.97 Å². The first-order chi connectivity index (χ1) is 5.82. The molecule has 0 atom stereocenters. The largest absolute Gasteiger partial charge is 0.245 e. The number of hydrogen-bond acceptors (Lipinski definition) is 2.